The number of hydrogen-bond donors (Lipinski definition) is 1. The number of nitro groups is 1. The van der Waals surface area contributed by atoms with Gasteiger partial charge in [0, 0.05) is 7.05 Å². The standard InChI is InChI=1S/C8H8N4O3/c1-11-8(5(9)4-10-11)6-2-3-7(15-6)12(13)14/h2-4H,9H2,1H3. The fraction of sp³-hybridized carbons (Fsp3) is 0.125. The zero-order chi connectivity index (χ0) is 11.0. The monoisotopic (exact) mass is 208 g/mol. The van der Waals surface area contributed by atoms with Crippen molar-refractivity contribution < 1.29 is 9.34 Å². The van der Waals surface area contributed by atoms with E-state index in [1.54, 1.807) is 7.05 Å². The maximum Gasteiger partial charge on any atom is 0.433 e. The Bertz CT molecular complexity index is 494. The molecule has 0 saturated heterocycles. The van der Waals surface area contributed by atoms with Crippen molar-refractivity contribution in [2.75, 3.05) is 5.73 Å². The molecular weight excluding hydrogens is 200 g/mol. The van der Waals surface area contributed by atoms with Gasteiger partial charge in [-0.15, -0.1) is 0 Å². The van der Waals surface area contributed by atoms with Crippen molar-refractivity contribution in [3.05, 3.63) is 28.4 Å². The van der Waals surface area contributed by atoms with Crippen LogP contribution in [-0.2, 0) is 7.05 Å². The van der Waals surface area contributed by atoms with E-state index in [1.807, 2.05) is 0 Å². The third kappa shape index (κ3) is 1.43. The summed E-state index contributed by atoms with van der Waals surface area (Å²) in [5.41, 5.74) is 6.59. The maximum atomic E-state index is 10.4. The van der Waals surface area contributed by atoms with E-state index in [9.17, 15) is 10.1 Å². The van der Waals surface area contributed by atoms with Gasteiger partial charge in [-0.2, -0.15) is 5.10 Å². The Labute approximate surface area is 84.2 Å². The van der Waals surface area contributed by atoms with Crippen LogP contribution in [0.1, 0.15) is 0 Å². The van der Waals surface area contributed by atoms with E-state index in [4.69, 9.17) is 10.2 Å². The van der Waals surface area contributed by atoms with Crippen LogP contribution in [0, 0.1) is 10.1 Å². The van der Waals surface area contributed by atoms with Crippen molar-refractivity contribution in [3.8, 4) is 11.5 Å². The first-order valence-electron chi connectivity index (χ1n) is 4.11. The Hall–Kier alpha value is -2.31. The minimum Gasteiger partial charge on any atom is -0.399 e. The first-order chi connectivity index (χ1) is 7.09. The van der Waals surface area contributed by atoms with E-state index in [0.717, 1.165) is 0 Å². The Morgan fingerprint density at radius 3 is 2.80 bits per heavy atom. The summed E-state index contributed by atoms with van der Waals surface area (Å²) < 4.78 is 6.51. The molecule has 0 aliphatic rings. The first-order valence-corrected chi connectivity index (χ1v) is 4.11. The quantitative estimate of drug-likeness (QED) is 0.589. The minimum absolute atomic E-state index is 0.314. The molecule has 0 aliphatic carbocycles. The second kappa shape index (κ2) is 3.12. The van der Waals surface area contributed by atoms with Gasteiger partial charge in [0.1, 0.15) is 10.6 Å². The molecule has 2 aromatic rings. The number of nitrogens with two attached hydrogens (primary N) is 1. The Balaban J connectivity index is 2.50. The van der Waals surface area contributed by atoms with E-state index in [2.05, 4.69) is 5.10 Å². The fourth-order valence-electron chi connectivity index (χ4n) is 1.31. The van der Waals surface area contributed by atoms with Crippen molar-refractivity contribution in [3.63, 3.8) is 0 Å². The highest BCUT2D eigenvalue weighted by molar-refractivity contribution is 5.68. The van der Waals surface area contributed by atoms with Crippen LogP contribution in [0.2, 0.25) is 0 Å². The maximum absolute atomic E-state index is 10.4. The zero-order valence-corrected chi connectivity index (χ0v) is 7.88. The van der Waals surface area contributed by atoms with E-state index in [-0.39, 0.29) is 5.88 Å². The molecular formula is C8H8N4O3. The summed E-state index contributed by atoms with van der Waals surface area (Å²) in [6, 6.07) is 2.77. The molecule has 0 amide bonds. The molecule has 0 atom stereocenters. The largest absolute Gasteiger partial charge is 0.433 e. The molecule has 2 N–H and O–H groups in total. The number of furan rings is 1. The molecule has 0 aliphatic heterocycles. The molecule has 0 fully saturated rings. The number of nitrogen functional groups attached to an aromatic ring is 1. The number of aryl methyl sites for hydroxylation is 1. The molecule has 0 unspecified atom stereocenters. The lowest BCUT2D eigenvalue weighted by Gasteiger charge is -1.97. The van der Waals surface area contributed by atoms with Crippen LogP contribution in [-0.4, -0.2) is 14.7 Å². The van der Waals surface area contributed by atoms with Gasteiger partial charge in [0.2, 0.25) is 0 Å². The normalized spacial score (nSPS) is 10.5. The number of nitrogens with zero attached hydrogens (tertiary/aromatic N) is 3. The van der Waals surface area contributed by atoms with Crippen LogP contribution >= 0.6 is 0 Å². The summed E-state index contributed by atoms with van der Waals surface area (Å²) in [7, 11) is 1.68. The third-order valence-electron chi connectivity index (χ3n) is 1.97. The van der Waals surface area contributed by atoms with Gasteiger partial charge in [-0.05, 0) is 6.07 Å². The van der Waals surface area contributed by atoms with Gasteiger partial charge in [0.05, 0.1) is 18.0 Å². The minimum atomic E-state index is -0.601. The molecule has 2 heterocycles. The molecule has 2 rings (SSSR count). The van der Waals surface area contributed by atoms with Crippen molar-refractivity contribution in [1.82, 2.24) is 9.78 Å². The zero-order valence-electron chi connectivity index (χ0n) is 7.88. The summed E-state index contributed by atoms with van der Waals surface area (Å²) in [5.74, 6) is 0.0183. The van der Waals surface area contributed by atoms with E-state index in [1.165, 1.54) is 23.0 Å². The molecule has 2 aromatic heterocycles. The van der Waals surface area contributed by atoms with Gasteiger partial charge in [-0.1, -0.05) is 0 Å². The third-order valence-corrected chi connectivity index (χ3v) is 1.97. The van der Waals surface area contributed by atoms with Gasteiger partial charge in [0.25, 0.3) is 0 Å². The summed E-state index contributed by atoms with van der Waals surface area (Å²) >= 11 is 0. The van der Waals surface area contributed by atoms with Crippen molar-refractivity contribution in [2.24, 2.45) is 7.05 Å². The highest BCUT2D eigenvalue weighted by Crippen LogP contribution is 2.29. The SMILES string of the molecule is Cn1ncc(N)c1-c1ccc([N+](=O)[O-])o1. The molecule has 0 radical (unpaired) electrons. The van der Waals surface area contributed by atoms with Crippen LogP contribution in [0.5, 0.6) is 0 Å². The van der Waals surface area contributed by atoms with Crippen LogP contribution in [0.4, 0.5) is 11.6 Å². The Kier molecular flexibility index (Phi) is 1.93. The fourth-order valence-corrected chi connectivity index (χ4v) is 1.31. The first kappa shape index (κ1) is 9.25. The summed E-state index contributed by atoms with van der Waals surface area (Å²) in [5, 5.41) is 14.3. The molecule has 0 bridgehead atoms. The van der Waals surface area contributed by atoms with Crippen molar-refractivity contribution in [1.29, 1.82) is 0 Å². The summed E-state index contributed by atoms with van der Waals surface area (Å²) in [6.45, 7) is 0. The molecule has 7 nitrogen and oxygen atoms in total. The predicted octanol–water partition coefficient (Wildman–Crippen LogP) is 1.17. The van der Waals surface area contributed by atoms with Crippen LogP contribution < -0.4 is 5.73 Å². The highest BCUT2D eigenvalue weighted by atomic mass is 16.6. The Morgan fingerprint density at radius 2 is 2.33 bits per heavy atom. The summed E-state index contributed by atoms with van der Waals surface area (Å²) in [6.07, 6.45) is 1.46. The molecule has 7 heteroatoms. The van der Waals surface area contributed by atoms with Gasteiger partial charge in [-0.3, -0.25) is 14.8 Å². The summed E-state index contributed by atoms with van der Waals surface area (Å²) in [4.78, 5) is 9.81. The topological polar surface area (TPSA) is 100 Å². The van der Waals surface area contributed by atoms with Gasteiger partial charge >= 0.3 is 5.88 Å². The van der Waals surface area contributed by atoms with Crippen molar-refractivity contribution in [2.45, 2.75) is 0 Å². The van der Waals surface area contributed by atoms with Crippen LogP contribution in [0.15, 0.2) is 22.7 Å². The lowest BCUT2D eigenvalue weighted by atomic mass is 10.3. The highest BCUT2D eigenvalue weighted by Gasteiger charge is 2.17. The van der Waals surface area contributed by atoms with Gasteiger partial charge in [-0.25, -0.2) is 0 Å². The lowest BCUT2D eigenvalue weighted by Crippen LogP contribution is -1.94. The number of rotatable bonds is 2. The number of hydrogen-bond acceptors (Lipinski definition) is 5. The van der Waals surface area contributed by atoms with E-state index < -0.39 is 4.92 Å². The molecule has 15 heavy (non-hydrogen) atoms. The second-order valence-corrected chi connectivity index (χ2v) is 2.97. The number of aromatic nitrogens is 2. The lowest BCUT2D eigenvalue weighted by molar-refractivity contribution is -0.401. The van der Waals surface area contributed by atoms with Crippen LogP contribution in [0.3, 0.4) is 0 Å². The average molecular weight is 208 g/mol. The molecule has 0 spiro atoms. The van der Waals surface area contributed by atoms with Gasteiger partial charge < -0.3 is 10.2 Å². The number of anilines is 1. The average Bonchev–Trinajstić information content (AvgIpc) is 2.73. The molecule has 78 valence electrons. The smallest absolute Gasteiger partial charge is 0.399 e. The van der Waals surface area contributed by atoms with E-state index >= 15 is 0 Å². The van der Waals surface area contributed by atoms with Gasteiger partial charge in [0.15, 0.2) is 5.76 Å². The van der Waals surface area contributed by atoms with E-state index in [0.29, 0.717) is 17.1 Å². The molecule has 0 saturated carbocycles. The van der Waals surface area contributed by atoms with Crippen molar-refractivity contribution >= 4 is 11.6 Å². The Morgan fingerprint density at radius 1 is 1.60 bits per heavy atom. The molecule has 0 aromatic carbocycles. The van der Waals surface area contributed by atoms with Crippen LogP contribution in [0.25, 0.3) is 11.5 Å². The predicted molar refractivity (Wildman–Crippen MR) is 52.0 cm³/mol. The second-order valence-electron chi connectivity index (χ2n) is 2.97.